The fourth-order valence-corrected chi connectivity index (χ4v) is 3.56. The number of amides is 1. The van der Waals surface area contributed by atoms with E-state index in [4.69, 9.17) is 0 Å². The molecule has 2 aromatic rings. The average molecular weight is 394 g/mol. The number of aromatic nitrogens is 2. The van der Waals surface area contributed by atoms with E-state index >= 15 is 0 Å². The van der Waals surface area contributed by atoms with Gasteiger partial charge in [-0.25, -0.2) is 4.39 Å². The fraction of sp³-hybridized carbons (Fsp3) is 0.357. The van der Waals surface area contributed by atoms with Gasteiger partial charge in [-0.2, -0.15) is 13.2 Å². The monoisotopic (exact) mass is 394 g/mol. The number of halogens is 4. The Morgan fingerprint density at radius 2 is 1.96 bits per heavy atom. The second-order valence-electron chi connectivity index (χ2n) is 4.95. The number of carbonyl (C=O) groups excluding carboxylic acids is 1. The number of nitrogens with one attached hydrogen (secondary N) is 2. The van der Waals surface area contributed by atoms with E-state index in [0.29, 0.717) is 16.0 Å². The number of hydrogen-bond acceptors (Lipinski definition) is 6. The van der Waals surface area contributed by atoms with Crippen molar-refractivity contribution in [3.63, 3.8) is 0 Å². The minimum Gasteiger partial charge on any atom is -0.356 e. The number of carbonyl (C=O) groups is 1. The minimum atomic E-state index is -4.44. The van der Waals surface area contributed by atoms with Crippen molar-refractivity contribution in [1.82, 2.24) is 15.5 Å². The highest BCUT2D eigenvalue weighted by atomic mass is 32.2. The Bertz CT molecular complexity index is 706. The van der Waals surface area contributed by atoms with Crippen molar-refractivity contribution < 1.29 is 22.4 Å². The van der Waals surface area contributed by atoms with Crippen molar-refractivity contribution in [2.24, 2.45) is 0 Å². The van der Waals surface area contributed by atoms with Crippen LogP contribution in [0.1, 0.15) is 12.5 Å². The van der Waals surface area contributed by atoms with E-state index in [9.17, 15) is 22.4 Å². The Labute approximate surface area is 149 Å². The van der Waals surface area contributed by atoms with Crippen LogP contribution in [0, 0.1) is 5.82 Å². The summed E-state index contributed by atoms with van der Waals surface area (Å²) in [6.07, 6.45) is -4.44. The second-order valence-corrected chi connectivity index (χ2v) is 7.51. The number of rotatable bonds is 7. The summed E-state index contributed by atoms with van der Waals surface area (Å²) in [5.41, 5.74) is 0.852. The first-order valence-corrected chi connectivity index (χ1v) is 8.75. The highest BCUT2D eigenvalue weighted by molar-refractivity contribution is 8.02. The average Bonchev–Trinajstić information content (AvgIpc) is 2.98. The Kier molecular flexibility index (Phi) is 6.59. The normalized spacial score (nSPS) is 12.7. The van der Waals surface area contributed by atoms with Crippen LogP contribution in [0.4, 0.5) is 22.7 Å². The van der Waals surface area contributed by atoms with Gasteiger partial charge >= 0.3 is 6.18 Å². The molecule has 0 fully saturated rings. The van der Waals surface area contributed by atoms with Crippen LogP contribution in [0.5, 0.6) is 0 Å². The molecule has 1 amide bonds. The number of hydrogen-bond donors (Lipinski definition) is 2. The number of thioether (sulfide) groups is 1. The van der Waals surface area contributed by atoms with Crippen LogP contribution in [0.25, 0.3) is 0 Å². The van der Waals surface area contributed by atoms with Crippen molar-refractivity contribution in [3.05, 3.63) is 35.6 Å². The summed E-state index contributed by atoms with van der Waals surface area (Å²) >= 11 is 2.20. The van der Waals surface area contributed by atoms with Gasteiger partial charge in [-0.3, -0.25) is 4.79 Å². The highest BCUT2D eigenvalue weighted by Gasteiger charge is 2.29. The molecule has 1 atom stereocenters. The van der Waals surface area contributed by atoms with E-state index in [2.05, 4.69) is 15.5 Å². The van der Waals surface area contributed by atoms with Gasteiger partial charge < -0.3 is 10.6 Å². The molecule has 0 spiro atoms. The van der Waals surface area contributed by atoms with Crippen molar-refractivity contribution in [2.45, 2.75) is 29.2 Å². The highest BCUT2D eigenvalue weighted by Crippen LogP contribution is 2.29. The van der Waals surface area contributed by atoms with Gasteiger partial charge in [0.1, 0.15) is 12.4 Å². The quantitative estimate of drug-likeness (QED) is 0.556. The molecule has 1 aromatic heterocycles. The molecule has 1 unspecified atom stereocenters. The lowest BCUT2D eigenvalue weighted by molar-refractivity contribution is -0.137. The molecule has 5 nitrogen and oxygen atoms in total. The molecule has 0 saturated heterocycles. The van der Waals surface area contributed by atoms with E-state index < -0.39 is 23.9 Å². The largest absolute Gasteiger partial charge is 0.405 e. The summed E-state index contributed by atoms with van der Waals surface area (Å²) in [5.74, 6) is -1.05. The SMILES string of the molecule is CC(Sc1nnc(NCc2ccc(F)cc2)s1)C(=O)NCC(F)(F)F. The van der Waals surface area contributed by atoms with Gasteiger partial charge in [0.2, 0.25) is 11.0 Å². The maximum Gasteiger partial charge on any atom is 0.405 e. The molecule has 0 radical (unpaired) electrons. The van der Waals surface area contributed by atoms with Gasteiger partial charge in [-0.05, 0) is 24.6 Å². The molecule has 0 aliphatic carbocycles. The Morgan fingerprint density at radius 1 is 1.28 bits per heavy atom. The van der Waals surface area contributed by atoms with Gasteiger partial charge in [0.25, 0.3) is 0 Å². The predicted molar refractivity (Wildman–Crippen MR) is 88.0 cm³/mol. The van der Waals surface area contributed by atoms with Crippen LogP contribution in [0.3, 0.4) is 0 Å². The Balaban J connectivity index is 1.82. The van der Waals surface area contributed by atoms with Crippen LogP contribution >= 0.6 is 23.1 Å². The van der Waals surface area contributed by atoms with Crippen LogP contribution < -0.4 is 10.6 Å². The molecular formula is C14H14F4N4OS2. The first kappa shape index (κ1) is 19.4. The molecule has 0 aliphatic heterocycles. The van der Waals surface area contributed by atoms with E-state index in [1.165, 1.54) is 30.4 Å². The molecule has 136 valence electrons. The van der Waals surface area contributed by atoms with Crippen LogP contribution in [-0.4, -0.2) is 34.1 Å². The van der Waals surface area contributed by atoms with Crippen molar-refractivity contribution >= 4 is 34.1 Å². The third-order valence-electron chi connectivity index (χ3n) is 2.87. The zero-order valence-corrected chi connectivity index (χ0v) is 14.6. The summed E-state index contributed by atoms with van der Waals surface area (Å²) in [7, 11) is 0. The van der Waals surface area contributed by atoms with Crippen LogP contribution in [0.2, 0.25) is 0 Å². The Hall–Kier alpha value is -1.88. The van der Waals surface area contributed by atoms with Gasteiger partial charge in [-0.15, -0.1) is 10.2 Å². The summed E-state index contributed by atoms with van der Waals surface area (Å²) in [6.45, 7) is 0.544. The lowest BCUT2D eigenvalue weighted by atomic mass is 10.2. The summed E-state index contributed by atoms with van der Waals surface area (Å²) < 4.78 is 49.5. The van der Waals surface area contributed by atoms with Gasteiger partial charge in [0.05, 0.1) is 5.25 Å². The standard InChI is InChI=1S/C14H14F4N4OS2/c1-8(11(23)20-7-14(16,17)18)24-13-22-21-12(25-13)19-6-9-2-4-10(15)5-3-9/h2-5,8H,6-7H2,1H3,(H,19,21)(H,20,23). The maximum absolute atomic E-state index is 12.8. The molecule has 25 heavy (non-hydrogen) atoms. The molecule has 0 aliphatic rings. The smallest absolute Gasteiger partial charge is 0.356 e. The van der Waals surface area contributed by atoms with Crippen LogP contribution in [-0.2, 0) is 11.3 Å². The number of benzene rings is 1. The first-order chi connectivity index (χ1) is 11.7. The second kappa shape index (κ2) is 8.48. The van der Waals surface area contributed by atoms with E-state index in [0.717, 1.165) is 17.3 Å². The van der Waals surface area contributed by atoms with Crippen LogP contribution in [0.15, 0.2) is 28.6 Å². The molecule has 0 saturated carbocycles. The lowest BCUT2D eigenvalue weighted by Gasteiger charge is -2.11. The molecule has 2 N–H and O–H groups in total. The number of nitrogens with zero attached hydrogens (tertiary/aromatic N) is 2. The molecule has 11 heteroatoms. The molecule has 1 heterocycles. The Morgan fingerprint density at radius 3 is 2.60 bits per heavy atom. The molecular weight excluding hydrogens is 380 g/mol. The van der Waals surface area contributed by atoms with E-state index in [1.54, 1.807) is 12.1 Å². The summed E-state index contributed by atoms with van der Waals surface area (Å²) in [4.78, 5) is 11.6. The summed E-state index contributed by atoms with van der Waals surface area (Å²) in [6, 6.07) is 5.96. The zero-order chi connectivity index (χ0) is 18.4. The lowest BCUT2D eigenvalue weighted by Crippen LogP contribution is -2.37. The van der Waals surface area contributed by atoms with Gasteiger partial charge in [0, 0.05) is 6.54 Å². The molecule has 0 bridgehead atoms. The zero-order valence-electron chi connectivity index (χ0n) is 12.9. The number of anilines is 1. The minimum absolute atomic E-state index is 0.323. The summed E-state index contributed by atoms with van der Waals surface area (Å²) in [5, 5.41) is 12.4. The van der Waals surface area contributed by atoms with Crippen molar-refractivity contribution in [1.29, 1.82) is 0 Å². The van der Waals surface area contributed by atoms with Crippen molar-refractivity contribution in [3.8, 4) is 0 Å². The topological polar surface area (TPSA) is 66.9 Å². The first-order valence-electron chi connectivity index (χ1n) is 7.06. The van der Waals surface area contributed by atoms with Gasteiger partial charge in [0.15, 0.2) is 4.34 Å². The third kappa shape index (κ3) is 6.86. The van der Waals surface area contributed by atoms with Gasteiger partial charge in [-0.1, -0.05) is 35.2 Å². The molecule has 1 aromatic carbocycles. The van der Waals surface area contributed by atoms with Crippen molar-refractivity contribution in [2.75, 3.05) is 11.9 Å². The maximum atomic E-state index is 12.8. The number of alkyl halides is 3. The molecule has 2 rings (SSSR count). The predicted octanol–water partition coefficient (Wildman–Crippen LogP) is 3.45. The fourth-order valence-electron chi connectivity index (χ4n) is 1.64. The van der Waals surface area contributed by atoms with E-state index in [1.807, 2.05) is 5.32 Å². The van der Waals surface area contributed by atoms with E-state index in [-0.39, 0.29) is 5.82 Å². The third-order valence-corrected chi connectivity index (χ3v) is 4.94.